The van der Waals surface area contributed by atoms with Crippen molar-refractivity contribution >= 4 is 6.21 Å². The smallest absolute Gasteiger partial charge is 0.0849 e. The fourth-order valence-corrected chi connectivity index (χ4v) is 0.639. The Morgan fingerprint density at radius 2 is 2.18 bits per heavy atom. The Morgan fingerprint density at radius 3 is 2.55 bits per heavy atom. The number of allylic oxidation sites excluding steroid dienone is 1. The molecule has 0 aliphatic rings. The molecule has 0 atom stereocenters. The molecule has 0 unspecified atom stereocenters. The summed E-state index contributed by atoms with van der Waals surface area (Å²) in [4.78, 5) is 4.12. The first-order valence-corrected chi connectivity index (χ1v) is 4.04. The average molecular weight is 155 g/mol. The van der Waals surface area contributed by atoms with Gasteiger partial charge in [0, 0.05) is 6.21 Å². The molecular weight excluding hydrogens is 138 g/mol. The minimum atomic E-state index is 0.0387. The third-order valence-electron chi connectivity index (χ3n) is 1.14. The van der Waals surface area contributed by atoms with Gasteiger partial charge in [0.25, 0.3) is 0 Å². The topological polar surface area (TPSA) is 32.6 Å². The normalized spacial score (nSPS) is 13.4. The van der Waals surface area contributed by atoms with Gasteiger partial charge in [-0.3, -0.25) is 4.99 Å². The highest BCUT2D eigenvalue weighted by molar-refractivity contribution is 5.61. The summed E-state index contributed by atoms with van der Waals surface area (Å²) in [6.45, 7) is 6.19. The maximum Gasteiger partial charge on any atom is 0.0849 e. The standard InChI is InChI=1S/C9H17NO/c1-4-5-9(7-11)10-6-8(2)3/h5-6,8,11H,4,7H2,1-3H3/b9-5-,10-6-. The van der Waals surface area contributed by atoms with Crippen molar-refractivity contribution in [3.05, 3.63) is 11.8 Å². The first-order valence-electron chi connectivity index (χ1n) is 4.04. The van der Waals surface area contributed by atoms with Crippen LogP contribution in [0.5, 0.6) is 0 Å². The summed E-state index contributed by atoms with van der Waals surface area (Å²) < 4.78 is 0. The van der Waals surface area contributed by atoms with E-state index < -0.39 is 0 Å². The van der Waals surface area contributed by atoms with Crippen LogP contribution in [0.3, 0.4) is 0 Å². The highest BCUT2D eigenvalue weighted by atomic mass is 16.3. The molecule has 0 fully saturated rings. The molecule has 0 radical (unpaired) electrons. The molecule has 11 heavy (non-hydrogen) atoms. The largest absolute Gasteiger partial charge is 0.390 e. The van der Waals surface area contributed by atoms with Gasteiger partial charge in [-0.15, -0.1) is 0 Å². The van der Waals surface area contributed by atoms with E-state index in [4.69, 9.17) is 5.11 Å². The molecule has 0 aromatic carbocycles. The Labute approximate surface area is 68.7 Å². The maximum absolute atomic E-state index is 8.79. The van der Waals surface area contributed by atoms with Crippen molar-refractivity contribution in [2.75, 3.05) is 6.61 Å². The summed E-state index contributed by atoms with van der Waals surface area (Å²) in [5.74, 6) is 0.446. The van der Waals surface area contributed by atoms with Crippen LogP contribution in [0, 0.1) is 5.92 Å². The van der Waals surface area contributed by atoms with Crippen molar-refractivity contribution in [3.8, 4) is 0 Å². The van der Waals surface area contributed by atoms with Gasteiger partial charge < -0.3 is 5.11 Å². The molecule has 2 heteroatoms. The fraction of sp³-hybridized carbons (Fsp3) is 0.667. The second-order valence-corrected chi connectivity index (χ2v) is 2.78. The van der Waals surface area contributed by atoms with E-state index in [9.17, 15) is 0 Å². The maximum atomic E-state index is 8.79. The summed E-state index contributed by atoms with van der Waals surface area (Å²) in [5.41, 5.74) is 0.765. The zero-order valence-corrected chi connectivity index (χ0v) is 7.54. The molecule has 0 saturated carbocycles. The Hall–Kier alpha value is -0.630. The first kappa shape index (κ1) is 10.4. The Bertz CT molecular complexity index is 148. The third kappa shape index (κ3) is 5.80. The highest BCUT2D eigenvalue weighted by Gasteiger charge is 1.89. The number of rotatable bonds is 4. The number of hydrogen-bond donors (Lipinski definition) is 1. The number of hydrogen-bond acceptors (Lipinski definition) is 2. The number of aliphatic hydroxyl groups excluding tert-OH is 1. The van der Waals surface area contributed by atoms with Crippen LogP contribution < -0.4 is 0 Å². The van der Waals surface area contributed by atoms with E-state index in [2.05, 4.69) is 18.8 Å². The second kappa shape index (κ2) is 6.10. The van der Waals surface area contributed by atoms with Crippen LogP contribution in [0.1, 0.15) is 27.2 Å². The van der Waals surface area contributed by atoms with Crippen LogP contribution in [0.15, 0.2) is 16.8 Å². The van der Waals surface area contributed by atoms with E-state index >= 15 is 0 Å². The lowest BCUT2D eigenvalue weighted by atomic mass is 10.2. The molecule has 0 aromatic rings. The Morgan fingerprint density at radius 1 is 1.55 bits per heavy atom. The molecular formula is C9H17NO. The minimum Gasteiger partial charge on any atom is -0.390 e. The quantitative estimate of drug-likeness (QED) is 0.619. The molecule has 64 valence electrons. The average Bonchev–Trinajstić information content (AvgIpc) is 1.97. The summed E-state index contributed by atoms with van der Waals surface area (Å²) in [7, 11) is 0. The second-order valence-electron chi connectivity index (χ2n) is 2.78. The summed E-state index contributed by atoms with van der Waals surface area (Å²) in [6, 6.07) is 0. The summed E-state index contributed by atoms with van der Waals surface area (Å²) >= 11 is 0. The van der Waals surface area contributed by atoms with Crippen molar-refractivity contribution in [2.24, 2.45) is 10.9 Å². The number of nitrogens with zero attached hydrogens (tertiary/aromatic N) is 1. The Kier molecular flexibility index (Phi) is 5.75. The van der Waals surface area contributed by atoms with Crippen LogP contribution >= 0.6 is 0 Å². The van der Waals surface area contributed by atoms with Crippen molar-refractivity contribution < 1.29 is 5.11 Å². The van der Waals surface area contributed by atoms with E-state index in [-0.39, 0.29) is 6.61 Å². The van der Waals surface area contributed by atoms with Crippen molar-refractivity contribution in [1.29, 1.82) is 0 Å². The highest BCUT2D eigenvalue weighted by Crippen LogP contribution is 1.98. The van der Waals surface area contributed by atoms with Gasteiger partial charge in [-0.05, 0) is 12.3 Å². The van der Waals surface area contributed by atoms with Gasteiger partial charge in [0.15, 0.2) is 0 Å². The molecule has 0 aliphatic carbocycles. The van der Waals surface area contributed by atoms with Gasteiger partial charge in [0.1, 0.15) is 0 Å². The summed E-state index contributed by atoms with van der Waals surface area (Å²) in [6.07, 6.45) is 4.70. The van der Waals surface area contributed by atoms with Crippen molar-refractivity contribution in [3.63, 3.8) is 0 Å². The van der Waals surface area contributed by atoms with Gasteiger partial charge in [-0.25, -0.2) is 0 Å². The van der Waals surface area contributed by atoms with E-state index in [0.717, 1.165) is 12.1 Å². The van der Waals surface area contributed by atoms with Crippen LogP contribution in [0.2, 0.25) is 0 Å². The molecule has 0 heterocycles. The van der Waals surface area contributed by atoms with Gasteiger partial charge in [0.2, 0.25) is 0 Å². The van der Waals surface area contributed by atoms with Crippen LogP contribution in [0.25, 0.3) is 0 Å². The molecule has 0 spiro atoms. The lowest BCUT2D eigenvalue weighted by Crippen LogP contribution is -1.91. The van der Waals surface area contributed by atoms with E-state index in [1.165, 1.54) is 0 Å². The van der Waals surface area contributed by atoms with Crippen LogP contribution in [-0.4, -0.2) is 17.9 Å². The monoisotopic (exact) mass is 155 g/mol. The van der Waals surface area contributed by atoms with Crippen molar-refractivity contribution in [2.45, 2.75) is 27.2 Å². The first-order chi connectivity index (χ1) is 5.20. The van der Waals surface area contributed by atoms with Crippen LogP contribution in [-0.2, 0) is 0 Å². The molecule has 0 bridgehead atoms. The molecule has 1 N–H and O–H groups in total. The Balaban J connectivity index is 3.97. The zero-order chi connectivity index (χ0) is 8.69. The van der Waals surface area contributed by atoms with Gasteiger partial charge in [-0.2, -0.15) is 0 Å². The van der Waals surface area contributed by atoms with Gasteiger partial charge in [-0.1, -0.05) is 26.8 Å². The summed E-state index contributed by atoms with van der Waals surface area (Å²) in [5, 5.41) is 8.79. The molecule has 2 nitrogen and oxygen atoms in total. The van der Waals surface area contributed by atoms with E-state index in [1.54, 1.807) is 0 Å². The fourth-order valence-electron chi connectivity index (χ4n) is 0.639. The predicted molar refractivity (Wildman–Crippen MR) is 48.8 cm³/mol. The lowest BCUT2D eigenvalue weighted by molar-refractivity contribution is 0.329. The molecule has 0 amide bonds. The van der Waals surface area contributed by atoms with Gasteiger partial charge >= 0.3 is 0 Å². The van der Waals surface area contributed by atoms with Crippen molar-refractivity contribution in [1.82, 2.24) is 0 Å². The van der Waals surface area contributed by atoms with E-state index in [0.29, 0.717) is 5.92 Å². The molecule has 0 aromatic heterocycles. The van der Waals surface area contributed by atoms with Crippen LogP contribution in [0.4, 0.5) is 0 Å². The SMILES string of the molecule is CC/C=C(CO)\N=C/C(C)C. The van der Waals surface area contributed by atoms with Gasteiger partial charge in [0.05, 0.1) is 12.3 Å². The zero-order valence-electron chi connectivity index (χ0n) is 7.54. The molecule has 0 aliphatic heterocycles. The number of aliphatic hydroxyl groups is 1. The van der Waals surface area contributed by atoms with E-state index in [1.807, 2.05) is 19.2 Å². The minimum absolute atomic E-state index is 0.0387. The lowest BCUT2D eigenvalue weighted by Gasteiger charge is -1.96. The molecule has 0 saturated heterocycles. The third-order valence-corrected chi connectivity index (χ3v) is 1.14. The molecule has 0 rings (SSSR count). The predicted octanol–water partition coefficient (Wildman–Crippen LogP) is 2.00. The number of aliphatic imine (C=N–C) groups is 1.